The first-order chi connectivity index (χ1) is 10.5. The third kappa shape index (κ3) is 4.95. The highest BCUT2D eigenvalue weighted by molar-refractivity contribution is 5.79. The van der Waals surface area contributed by atoms with Gasteiger partial charge < -0.3 is 20.7 Å². The van der Waals surface area contributed by atoms with Crippen molar-refractivity contribution < 1.29 is 14.3 Å². The summed E-state index contributed by atoms with van der Waals surface area (Å²) in [4.78, 5) is 23.8. The maximum atomic E-state index is 12.0. The molecule has 1 atom stereocenters. The van der Waals surface area contributed by atoms with Gasteiger partial charge in [0.25, 0.3) is 0 Å². The number of rotatable bonds is 7. The summed E-state index contributed by atoms with van der Waals surface area (Å²) >= 11 is 0. The van der Waals surface area contributed by atoms with Crippen molar-refractivity contribution in [3.8, 4) is 0 Å². The van der Waals surface area contributed by atoms with Gasteiger partial charge >= 0.3 is 0 Å². The third-order valence-electron chi connectivity index (χ3n) is 4.51. The Kier molecular flexibility index (Phi) is 6.20. The topological polar surface area (TPSA) is 79.5 Å². The van der Waals surface area contributed by atoms with Crippen LogP contribution in [-0.4, -0.2) is 49.7 Å². The van der Waals surface area contributed by atoms with Crippen LogP contribution in [0.15, 0.2) is 0 Å². The van der Waals surface area contributed by atoms with E-state index in [1.165, 1.54) is 0 Å². The van der Waals surface area contributed by atoms with Crippen molar-refractivity contribution >= 4 is 11.8 Å². The molecule has 22 heavy (non-hydrogen) atoms. The molecule has 0 radical (unpaired) electrons. The van der Waals surface area contributed by atoms with Crippen LogP contribution in [0.2, 0.25) is 0 Å². The van der Waals surface area contributed by atoms with E-state index < -0.39 is 0 Å². The molecule has 0 spiro atoms. The maximum Gasteiger partial charge on any atom is 0.246 e. The van der Waals surface area contributed by atoms with E-state index in [0.717, 1.165) is 45.2 Å². The Morgan fingerprint density at radius 1 is 1.32 bits per heavy atom. The monoisotopic (exact) mass is 311 g/mol. The molecule has 3 N–H and O–H groups in total. The number of amides is 2. The lowest BCUT2D eigenvalue weighted by Gasteiger charge is -2.31. The minimum atomic E-state index is -0.281. The van der Waals surface area contributed by atoms with E-state index in [9.17, 15) is 9.59 Å². The van der Waals surface area contributed by atoms with Gasteiger partial charge in [0.15, 0.2) is 0 Å². The minimum absolute atomic E-state index is 0.0318. The van der Waals surface area contributed by atoms with Crippen molar-refractivity contribution in [1.29, 1.82) is 0 Å². The highest BCUT2D eigenvalue weighted by atomic mass is 16.5. The Balaban J connectivity index is 1.74. The van der Waals surface area contributed by atoms with Gasteiger partial charge in [0.2, 0.25) is 11.8 Å². The number of ether oxygens (including phenoxy) is 1. The molecule has 1 unspecified atom stereocenters. The molecule has 0 aromatic heterocycles. The van der Waals surface area contributed by atoms with Crippen molar-refractivity contribution in [2.45, 2.75) is 57.5 Å². The van der Waals surface area contributed by atoms with Crippen molar-refractivity contribution in [3.05, 3.63) is 0 Å². The van der Waals surface area contributed by atoms with E-state index in [4.69, 9.17) is 4.74 Å². The van der Waals surface area contributed by atoms with Crippen LogP contribution in [0.4, 0.5) is 0 Å². The molecule has 0 aromatic carbocycles. The average molecular weight is 311 g/mol. The molecule has 2 fully saturated rings. The maximum absolute atomic E-state index is 12.0. The first-order valence-corrected chi connectivity index (χ1v) is 8.41. The number of hydrogen-bond acceptors (Lipinski definition) is 4. The Labute approximate surface area is 132 Å². The van der Waals surface area contributed by atoms with E-state index in [1.54, 1.807) is 0 Å². The van der Waals surface area contributed by atoms with Crippen LogP contribution < -0.4 is 16.0 Å². The van der Waals surface area contributed by atoms with Gasteiger partial charge in [-0.15, -0.1) is 0 Å². The van der Waals surface area contributed by atoms with Gasteiger partial charge in [0.05, 0.1) is 12.1 Å². The summed E-state index contributed by atoms with van der Waals surface area (Å²) < 4.78 is 5.63. The predicted molar refractivity (Wildman–Crippen MR) is 84.4 cm³/mol. The highest BCUT2D eigenvalue weighted by Gasteiger charge is 2.36. The largest absolute Gasteiger partial charge is 0.369 e. The minimum Gasteiger partial charge on any atom is -0.369 e. The first-order valence-electron chi connectivity index (χ1n) is 8.41. The van der Waals surface area contributed by atoms with Gasteiger partial charge in [0, 0.05) is 18.5 Å². The van der Waals surface area contributed by atoms with Gasteiger partial charge in [-0.3, -0.25) is 9.59 Å². The van der Waals surface area contributed by atoms with E-state index in [-0.39, 0.29) is 35.9 Å². The van der Waals surface area contributed by atoms with Gasteiger partial charge in [-0.05, 0) is 25.8 Å². The Morgan fingerprint density at radius 3 is 2.64 bits per heavy atom. The molecule has 1 heterocycles. The summed E-state index contributed by atoms with van der Waals surface area (Å²) in [7, 11) is 0. The second-order valence-corrected chi connectivity index (χ2v) is 6.88. The molecule has 126 valence electrons. The fourth-order valence-corrected chi connectivity index (χ4v) is 3.15. The van der Waals surface area contributed by atoms with Crippen LogP contribution in [0.25, 0.3) is 0 Å². The predicted octanol–water partition coefficient (Wildman–Crippen LogP) is 0.566. The molecule has 0 aromatic rings. The third-order valence-corrected chi connectivity index (χ3v) is 4.51. The van der Waals surface area contributed by atoms with Crippen LogP contribution in [0, 0.1) is 5.92 Å². The zero-order valence-corrected chi connectivity index (χ0v) is 13.7. The Bertz CT molecular complexity index is 386. The number of carbonyl (C=O) groups is 2. The van der Waals surface area contributed by atoms with E-state index in [1.807, 2.05) is 13.8 Å². The number of nitrogens with one attached hydrogen (secondary N) is 3. The molecular formula is C16H29N3O3. The summed E-state index contributed by atoms with van der Waals surface area (Å²) in [6.07, 6.45) is 5.03. The Hall–Kier alpha value is -1.14. The summed E-state index contributed by atoms with van der Waals surface area (Å²) in [5, 5.41) is 9.31. The normalized spacial score (nSPS) is 23.7. The van der Waals surface area contributed by atoms with E-state index >= 15 is 0 Å². The van der Waals surface area contributed by atoms with Crippen LogP contribution in [-0.2, 0) is 14.3 Å². The van der Waals surface area contributed by atoms with Crippen LogP contribution in [0.5, 0.6) is 0 Å². The average Bonchev–Trinajstić information content (AvgIpc) is 3.11. The Morgan fingerprint density at radius 2 is 2.05 bits per heavy atom. The standard InChI is InChI=1S/C16H29N3O3/c1-12(2)15(21)19-16(6-3-4-7-16)11-22-10-14(20)18-13-5-8-17-9-13/h12-13,17H,3-11H2,1-2H3,(H,18,20)(H,19,21). The molecule has 1 saturated carbocycles. The molecule has 2 aliphatic rings. The molecule has 2 rings (SSSR count). The highest BCUT2D eigenvalue weighted by Crippen LogP contribution is 2.30. The molecule has 1 aliphatic heterocycles. The van der Waals surface area contributed by atoms with Crippen LogP contribution in [0.3, 0.4) is 0 Å². The molecule has 0 bridgehead atoms. The summed E-state index contributed by atoms with van der Waals surface area (Å²) in [5.74, 6) is -0.0420. The van der Waals surface area contributed by atoms with E-state index in [0.29, 0.717) is 6.61 Å². The van der Waals surface area contributed by atoms with Crippen molar-refractivity contribution in [1.82, 2.24) is 16.0 Å². The lowest BCUT2D eigenvalue weighted by atomic mass is 9.97. The summed E-state index contributed by atoms with van der Waals surface area (Å²) in [5.41, 5.74) is -0.281. The fourth-order valence-electron chi connectivity index (χ4n) is 3.15. The smallest absolute Gasteiger partial charge is 0.246 e. The van der Waals surface area contributed by atoms with Crippen molar-refractivity contribution in [3.63, 3.8) is 0 Å². The van der Waals surface area contributed by atoms with Crippen LogP contribution in [0.1, 0.15) is 46.0 Å². The first kappa shape index (κ1) is 17.2. The van der Waals surface area contributed by atoms with Gasteiger partial charge in [-0.25, -0.2) is 0 Å². The lowest BCUT2D eigenvalue weighted by Crippen LogP contribution is -2.51. The van der Waals surface area contributed by atoms with Crippen LogP contribution >= 0.6 is 0 Å². The quantitative estimate of drug-likeness (QED) is 0.642. The molecule has 6 heteroatoms. The summed E-state index contributed by atoms with van der Waals surface area (Å²) in [6, 6.07) is 0.220. The molecule has 6 nitrogen and oxygen atoms in total. The van der Waals surface area contributed by atoms with Gasteiger partial charge in [-0.2, -0.15) is 0 Å². The molecular weight excluding hydrogens is 282 g/mol. The SMILES string of the molecule is CC(C)C(=O)NC1(COCC(=O)NC2CCNC2)CCCC1. The zero-order chi connectivity index (χ0) is 16.0. The molecule has 1 aliphatic carbocycles. The zero-order valence-electron chi connectivity index (χ0n) is 13.7. The second-order valence-electron chi connectivity index (χ2n) is 6.88. The van der Waals surface area contributed by atoms with E-state index in [2.05, 4.69) is 16.0 Å². The fraction of sp³-hybridized carbons (Fsp3) is 0.875. The van der Waals surface area contributed by atoms with Crippen molar-refractivity contribution in [2.75, 3.05) is 26.3 Å². The molecule has 1 saturated heterocycles. The second kappa shape index (κ2) is 7.92. The lowest BCUT2D eigenvalue weighted by molar-refractivity contribution is -0.129. The van der Waals surface area contributed by atoms with Gasteiger partial charge in [0.1, 0.15) is 6.61 Å². The number of hydrogen-bond donors (Lipinski definition) is 3. The summed E-state index contributed by atoms with van der Waals surface area (Å²) in [6.45, 7) is 6.05. The number of carbonyl (C=O) groups excluding carboxylic acids is 2. The van der Waals surface area contributed by atoms with Crippen molar-refractivity contribution in [2.24, 2.45) is 5.92 Å². The van der Waals surface area contributed by atoms with Gasteiger partial charge in [-0.1, -0.05) is 26.7 Å². The molecule has 2 amide bonds.